The molecule has 1 amide bonds. The Balaban J connectivity index is 2.13. The Morgan fingerprint density at radius 3 is 2.58 bits per heavy atom. The van der Waals surface area contributed by atoms with Gasteiger partial charge in [0.25, 0.3) is 0 Å². The predicted octanol–water partition coefficient (Wildman–Crippen LogP) is 2.28. The van der Waals surface area contributed by atoms with E-state index in [1.165, 1.54) is 18.2 Å². The Labute approximate surface area is 111 Å². The molecule has 1 aromatic rings. The molecule has 1 heterocycles. The van der Waals surface area contributed by atoms with E-state index in [1.807, 2.05) is 0 Å². The molecule has 1 saturated heterocycles. The van der Waals surface area contributed by atoms with Crippen LogP contribution in [0, 0.1) is 11.6 Å². The van der Waals surface area contributed by atoms with E-state index >= 15 is 0 Å². The summed E-state index contributed by atoms with van der Waals surface area (Å²) in [6, 6.07) is 2.99. The summed E-state index contributed by atoms with van der Waals surface area (Å²) in [4.78, 5) is 12.2. The van der Waals surface area contributed by atoms with Gasteiger partial charge in [-0.2, -0.15) is 0 Å². The predicted molar refractivity (Wildman–Crippen MR) is 68.6 cm³/mol. The molecule has 0 aliphatic carbocycles. The summed E-state index contributed by atoms with van der Waals surface area (Å²) in [5, 5.41) is 5.80. The van der Waals surface area contributed by atoms with Crippen LogP contribution in [0.15, 0.2) is 18.2 Å². The number of hydrogen-bond acceptors (Lipinski definition) is 2. The van der Waals surface area contributed by atoms with Gasteiger partial charge >= 0.3 is 0 Å². The minimum atomic E-state index is -0.701. The Morgan fingerprint density at radius 1 is 1.42 bits per heavy atom. The van der Waals surface area contributed by atoms with Crippen molar-refractivity contribution in [1.29, 1.82) is 0 Å². The van der Waals surface area contributed by atoms with Crippen molar-refractivity contribution in [2.24, 2.45) is 0 Å². The zero-order valence-corrected chi connectivity index (χ0v) is 11.1. The van der Waals surface area contributed by atoms with Crippen molar-refractivity contribution in [2.45, 2.75) is 38.3 Å². The van der Waals surface area contributed by atoms with Crippen LogP contribution >= 0.6 is 0 Å². The van der Waals surface area contributed by atoms with Gasteiger partial charge in [0.15, 0.2) is 0 Å². The molecular weight excluding hydrogens is 250 g/mol. The molecule has 0 radical (unpaired) electrons. The first-order valence-electron chi connectivity index (χ1n) is 6.44. The van der Waals surface area contributed by atoms with Crippen LogP contribution in [-0.2, 0) is 4.79 Å². The number of amides is 1. The van der Waals surface area contributed by atoms with Gasteiger partial charge in [-0.05, 0) is 45.4 Å². The van der Waals surface area contributed by atoms with Crippen molar-refractivity contribution in [3.05, 3.63) is 35.4 Å². The second-order valence-corrected chi connectivity index (χ2v) is 5.19. The summed E-state index contributed by atoms with van der Waals surface area (Å²) < 4.78 is 27.2. The lowest BCUT2D eigenvalue weighted by molar-refractivity contribution is -0.127. The Bertz CT molecular complexity index is 464. The fraction of sp³-hybridized carbons (Fsp3) is 0.500. The summed E-state index contributed by atoms with van der Waals surface area (Å²) in [5.41, 5.74) is -0.742. The van der Waals surface area contributed by atoms with E-state index in [4.69, 9.17) is 0 Å². The SMILES string of the molecule is CC(NC(=O)C1(C)CCCN1)c1c(F)cccc1F. The van der Waals surface area contributed by atoms with Crippen molar-refractivity contribution in [2.75, 3.05) is 6.54 Å². The second kappa shape index (κ2) is 5.25. The lowest BCUT2D eigenvalue weighted by Crippen LogP contribution is -2.51. The summed E-state index contributed by atoms with van der Waals surface area (Å²) in [6.07, 6.45) is 1.65. The largest absolute Gasteiger partial charge is 0.348 e. The number of halogens is 2. The highest BCUT2D eigenvalue weighted by Crippen LogP contribution is 2.23. The number of carbonyl (C=O) groups excluding carboxylic acids is 1. The first kappa shape index (κ1) is 13.9. The molecule has 104 valence electrons. The van der Waals surface area contributed by atoms with E-state index < -0.39 is 23.2 Å². The summed E-state index contributed by atoms with van der Waals surface area (Å²) in [7, 11) is 0. The molecule has 2 rings (SSSR count). The van der Waals surface area contributed by atoms with Gasteiger partial charge in [-0.3, -0.25) is 4.79 Å². The van der Waals surface area contributed by atoms with Gasteiger partial charge in [0, 0.05) is 5.56 Å². The topological polar surface area (TPSA) is 41.1 Å². The highest BCUT2D eigenvalue weighted by molar-refractivity contribution is 5.86. The van der Waals surface area contributed by atoms with Crippen molar-refractivity contribution in [3.8, 4) is 0 Å². The van der Waals surface area contributed by atoms with E-state index in [0.717, 1.165) is 19.4 Å². The highest BCUT2D eigenvalue weighted by atomic mass is 19.1. The molecule has 1 aliphatic heterocycles. The molecule has 1 fully saturated rings. The number of hydrogen-bond donors (Lipinski definition) is 2. The highest BCUT2D eigenvalue weighted by Gasteiger charge is 2.36. The Hall–Kier alpha value is -1.49. The van der Waals surface area contributed by atoms with Crippen molar-refractivity contribution >= 4 is 5.91 Å². The standard InChI is InChI=1S/C14H18F2N2O/c1-9(12-10(15)5-3-6-11(12)16)18-13(19)14(2)7-4-8-17-14/h3,5-6,9,17H,4,7-8H2,1-2H3,(H,18,19). The van der Waals surface area contributed by atoms with Gasteiger partial charge in [-0.1, -0.05) is 6.07 Å². The lowest BCUT2D eigenvalue weighted by atomic mass is 9.98. The molecule has 1 aliphatic rings. The van der Waals surface area contributed by atoms with Crippen LogP contribution in [0.4, 0.5) is 8.78 Å². The molecule has 0 saturated carbocycles. The van der Waals surface area contributed by atoms with Crippen LogP contribution in [0.5, 0.6) is 0 Å². The first-order valence-corrected chi connectivity index (χ1v) is 6.44. The molecule has 19 heavy (non-hydrogen) atoms. The monoisotopic (exact) mass is 268 g/mol. The van der Waals surface area contributed by atoms with E-state index in [1.54, 1.807) is 13.8 Å². The van der Waals surface area contributed by atoms with Crippen LogP contribution in [0.1, 0.15) is 38.3 Å². The molecule has 3 nitrogen and oxygen atoms in total. The fourth-order valence-electron chi connectivity index (χ4n) is 2.44. The molecular formula is C14H18F2N2O. The molecule has 2 unspecified atom stereocenters. The third-order valence-corrected chi connectivity index (χ3v) is 3.65. The van der Waals surface area contributed by atoms with E-state index in [9.17, 15) is 13.6 Å². The van der Waals surface area contributed by atoms with Gasteiger partial charge < -0.3 is 10.6 Å². The van der Waals surface area contributed by atoms with Gasteiger partial charge in [-0.25, -0.2) is 8.78 Å². The van der Waals surface area contributed by atoms with Crippen LogP contribution in [0.2, 0.25) is 0 Å². The molecule has 1 aromatic carbocycles. The molecule has 0 bridgehead atoms. The second-order valence-electron chi connectivity index (χ2n) is 5.19. The average molecular weight is 268 g/mol. The molecule has 0 spiro atoms. The maximum absolute atomic E-state index is 13.6. The number of benzene rings is 1. The van der Waals surface area contributed by atoms with Crippen LogP contribution in [0.3, 0.4) is 0 Å². The van der Waals surface area contributed by atoms with Crippen LogP contribution in [0.25, 0.3) is 0 Å². The quantitative estimate of drug-likeness (QED) is 0.883. The molecule has 5 heteroatoms. The third kappa shape index (κ3) is 2.76. The summed E-state index contributed by atoms with van der Waals surface area (Å²) in [6.45, 7) is 4.17. The van der Waals surface area contributed by atoms with E-state index in [0.29, 0.717) is 0 Å². The normalized spacial score (nSPS) is 24.2. The van der Waals surface area contributed by atoms with Crippen LogP contribution < -0.4 is 10.6 Å². The summed E-state index contributed by atoms with van der Waals surface area (Å²) >= 11 is 0. The number of rotatable bonds is 3. The van der Waals surface area contributed by atoms with Crippen LogP contribution in [-0.4, -0.2) is 18.0 Å². The first-order chi connectivity index (χ1) is 8.94. The molecule has 2 N–H and O–H groups in total. The maximum atomic E-state index is 13.6. The van der Waals surface area contributed by atoms with Gasteiger partial charge in [0.1, 0.15) is 11.6 Å². The van der Waals surface area contributed by atoms with E-state index in [-0.39, 0.29) is 11.5 Å². The van der Waals surface area contributed by atoms with E-state index in [2.05, 4.69) is 10.6 Å². The minimum Gasteiger partial charge on any atom is -0.348 e. The number of nitrogens with one attached hydrogen (secondary N) is 2. The van der Waals surface area contributed by atoms with Gasteiger partial charge in [0.2, 0.25) is 5.91 Å². The zero-order chi connectivity index (χ0) is 14.0. The Morgan fingerprint density at radius 2 is 2.05 bits per heavy atom. The van der Waals surface area contributed by atoms with Crippen molar-refractivity contribution in [3.63, 3.8) is 0 Å². The lowest BCUT2D eigenvalue weighted by Gasteiger charge is -2.26. The molecule has 2 atom stereocenters. The Kier molecular flexibility index (Phi) is 3.85. The zero-order valence-electron chi connectivity index (χ0n) is 11.1. The van der Waals surface area contributed by atoms with Crippen molar-refractivity contribution < 1.29 is 13.6 Å². The van der Waals surface area contributed by atoms with Gasteiger partial charge in [-0.15, -0.1) is 0 Å². The van der Waals surface area contributed by atoms with Crippen molar-refractivity contribution in [1.82, 2.24) is 10.6 Å². The number of carbonyl (C=O) groups is 1. The maximum Gasteiger partial charge on any atom is 0.240 e. The summed E-state index contributed by atoms with van der Waals surface area (Å²) in [5.74, 6) is -1.50. The average Bonchev–Trinajstić information content (AvgIpc) is 2.77. The van der Waals surface area contributed by atoms with Gasteiger partial charge in [0.05, 0.1) is 11.6 Å². The third-order valence-electron chi connectivity index (χ3n) is 3.65. The fourth-order valence-corrected chi connectivity index (χ4v) is 2.44. The smallest absolute Gasteiger partial charge is 0.240 e. The minimum absolute atomic E-state index is 0.0996. The molecule has 0 aromatic heterocycles.